The average molecular weight is 256 g/mol. The van der Waals surface area contributed by atoms with E-state index in [0.717, 1.165) is 15.0 Å². The first kappa shape index (κ1) is 8.72. The molecule has 1 aromatic heterocycles. The molecule has 0 aliphatic rings. The fraction of sp³-hybridized carbons (Fsp3) is 0. The van der Waals surface area contributed by atoms with Gasteiger partial charge in [-0.05, 0) is 28.1 Å². The number of rotatable bonds is 1. The molecule has 0 atom stereocenters. The normalized spacial score (nSPS) is 10.2. The summed E-state index contributed by atoms with van der Waals surface area (Å²) in [6.45, 7) is 0. The Balaban J connectivity index is 2.53. The molecule has 13 heavy (non-hydrogen) atoms. The number of hydrogen-bond acceptors (Lipinski definition) is 3. The van der Waals surface area contributed by atoms with Crippen LogP contribution in [0.4, 0.5) is 0 Å². The van der Waals surface area contributed by atoms with Crippen molar-refractivity contribution in [2.45, 2.75) is 0 Å². The lowest BCUT2D eigenvalue weighted by molar-refractivity contribution is 0.475. The van der Waals surface area contributed by atoms with E-state index in [-0.39, 0.29) is 5.75 Å². The second-order valence-corrected chi connectivity index (χ2v) is 4.70. The highest BCUT2D eigenvalue weighted by Gasteiger charge is 2.05. The van der Waals surface area contributed by atoms with E-state index in [1.807, 2.05) is 6.07 Å². The largest absolute Gasteiger partial charge is 0.508 e. The SMILES string of the molecule is Oc1cccc(-c2ncsc2Br)c1. The van der Waals surface area contributed by atoms with Gasteiger partial charge in [0.25, 0.3) is 0 Å². The third kappa shape index (κ3) is 1.73. The summed E-state index contributed by atoms with van der Waals surface area (Å²) in [6.07, 6.45) is 0. The molecule has 2 aromatic rings. The first-order valence-electron chi connectivity index (χ1n) is 3.66. The Labute approximate surface area is 88.0 Å². The number of aromatic nitrogens is 1. The lowest BCUT2D eigenvalue weighted by Crippen LogP contribution is -1.76. The van der Waals surface area contributed by atoms with Gasteiger partial charge < -0.3 is 5.11 Å². The summed E-state index contributed by atoms with van der Waals surface area (Å²) in [6, 6.07) is 7.06. The van der Waals surface area contributed by atoms with Crippen LogP contribution in [-0.4, -0.2) is 10.1 Å². The van der Waals surface area contributed by atoms with Crippen LogP contribution in [0.5, 0.6) is 5.75 Å². The molecule has 0 amide bonds. The molecule has 0 aliphatic heterocycles. The summed E-state index contributed by atoms with van der Waals surface area (Å²) < 4.78 is 0.984. The van der Waals surface area contributed by atoms with Gasteiger partial charge in [0.2, 0.25) is 0 Å². The number of thiazole rings is 1. The standard InChI is InChI=1S/C9H6BrNOS/c10-9-8(11-5-13-9)6-2-1-3-7(12)4-6/h1-5,12H. The van der Waals surface area contributed by atoms with Crippen LogP contribution in [0, 0.1) is 0 Å². The van der Waals surface area contributed by atoms with Crippen molar-refractivity contribution in [2.24, 2.45) is 0 Å². The Hall–Kier alpha value is -0.870. The summed E-state index contributed by atoms with van der Waals surface area (Å²) in [5, 5.41) is 9.26. The van der Waals surface area contributed by atoms with Crippen LogP contribution in [0.25, 0.3) is 11.3 Å². The average Bonchev–Trinajstić information content (AvgIpc) is 2.51. The van der Waals surface area contributed by atoms with Crippen LogP contribution in [0.3, 0.4) is 0 Å². The van der Waals surface area contributed by atoms with Crippen molar-refractivity contribution < 1.29 is 5.11 Å². The van der Waals surface area contributed by atoms with Gasteiger partial charge in [0.15, 0.2) is 0 Å². The van der Waals surface area contributed by atoms with Gasteiger partial charge in [-0.3, -0.25) is 0 Å². The third-order valence-electron chi connectivity index (χ3n) is 1.64. The topological polar surface area (TPSA) is 33.1 Å². The Bertz CT molecular complexity index is 427. The van der Waals surface area contributed by atoms with Crippen molar-refractivity contribution in [1.29, 1.82) is 0 Å². The number of phenolic OH excluding ortho intramolecular Hbond substituents is 1. The lowest BCUT2D eigenvalue weighted by atomic mass is 10.2. The molecule has 0 saturated carbocycles. The number of aromatic hydroxyl groups is 1. The fourth-order valence-electron chi connectivity index (χ4n) is 1.07. The predicted octanol–water partition coefficient (Wildman–Crippen LogP) is 3.28. The molecule has 2 rings (SSSR count). The van der Waals surface area contributed by atoms with Crippen LogP contribution in [-0.2, 0) is 0 Å². The molecule has 0 spiro atoms. The maximum absolute atomic E-state index is 9.26. The minimum Gasteiger partial charge on any atom is -0.508 e. The van der Waals surface area contributed by atoms with Gasteiger partial charge >= 0.3 is 0 Å². The quantitative estimate of drug-likeness (QED) is 0.849. The predicted molar refractivity (Wildman–Crippen MR) is 56.9 cm³/mol. The summed E-state index contributed by atoms with van der Waals surface area (Å²) in [5.41, 5.74) is 3.57. The van der Waals surface area contributed by atoms with Crippen molar-refractivity contribution in [3.8, 4) is 17.0 Å². The third-order valence-corrected chi connectivity index (χ3v) is 3.19. The van der Waals surface area contributed by atoms with Crippen LogP contribution in [0.2, 0.25) is 0 Å². The van der Waals surface area contributed by atoms with E-state index >= 15 is 0 Å². The molecule has 0 saturated heterocycles. The summed E-state index contributed by atoms with van der Waals surface area (Å²) in [5.74, 6) is 0.261. The van der Waals surface area contributed by atoms with E-state index in [0.29, 0.717) is 0 Å². The molecule has 1 aromatic carbocycles. The van der Waals surface area contributed by atoms with Crippen LogP contribution in [0.1, 0.15) is 0 Å². The van der Waals surface area contributed by atoms with Gasteiger partial charge in [-0.15, -0.1) is 11.3 Å². The van der Waals surface area contributed by atoms with Crippen LogP contribution >= 0.6 is 27.3 Å². The molecule has 1 heterocycles. The highest BCUT2D eigenvalue weighted by atomic mass is 79.9. The fourth-order valence-corrected chi connectivity index (χ4v) is 2.19. The Morgan fingerprint density at radius 1 is 1.38 bits per heavy atom. The van der Waals surface area contributed by atoms with Gasteiger partial charge in [-0.2, -0.15) is 0 Å². The van der Waals surface area contributed by atoms with Gasteiger partial charge in [-0.1, -0.05) is 12.1 Å². The zero-order chi connectivity index (χ0) is 9.26. The minimum absolute atomic E-state index is 0.261. The number of benzene rings is 1. The highest BCUT2D eigenvalue weighted by molar-refractivity contribution is 9.11. The molecule has 0 aliphatic carbocycles. The summed E-state index contributed by atoms with van der Waals surface area (Å²) in [7, 11) is 0. The molecule has 0 bridgehead atoms. The van der Waals surface area contributed by atoms with Gasteiger partial charge in [0, 0.05) is 5.56 Å². The van der Waals surface area contributed by atoms with E-state index in [9.17, 15) is 5.11 Å². The minimum atomic E-state index is 0.261. The van der Waals surface area contributed by atoms with Crippen molar-refractivity contribution in [1.82, 2.24) is 4.98 Å². The molecule has 0 unspecified atom stereocenters. The zero-order valence-corrected chi connectivity index (χ0v) is 8.97. The number of phenols is 1. The first-order valence-corrected chi connectivity index (χ1v) is 5.33. The van der Waals surface area contributed by atoms with E-state index in [1.165, 1.54) is 11.3 Å². The van der Waals surface area contributed by atoms with Crippen molar-refractivity contribution in [3.05, 3.63) is 33.6 Å². The van der Waals surface area contributed by atoms with E-state index in [1.54, 1.807) is 23.7 Å². The van der Waals surface area contributed by atoms with Crippen molar-refractivity contribution in [3.63, 3.8) is 0 Å². The Morgan fingerprint density at radius 2 is 2.23 bits per heavy atom. The second kappa shape index (κ2) is 3.47. The molecular formula is C9H6BrNOS. The van der Waals surface area contributed by atoms with Gasteiger partial charge in [0.05, 0.1) is 15.0 Å². The zero-order valence-electron chi connectivity index (χ0n) is 6.57. The van der Waals surface area contributed by atoms with Crippen molar-refractivity contribution in [2.75, 3.05) is 0 Å². The smallest absolute Gasteiger partial charge is 0.116 e. The summed E-state index contributed by atoms with van der Waals surface area (Å²) >= 11 is 4.93. The maximum atomic E-state index is 9.26. The Morgan fingerprint density at radius 3 is 2.85 bits per heavy atom. The molecule has 1 N–H and O–H groups in total. The molecule has 2 nitrogen and oxygen atoms in total. The number of hydrogen-bond donors (Lipinski definition) is 1. The second-order valence-electron chi connectivity index (χ2n) is 2.52. The number of halogens is 1. The van der Waals surface area contributed by atoms with E-state index in [4.69, 9.17) is 0 Å². The Kier molecular flexibility index (Phi) is 2.33. The van der Waals surface area contributed by atoms with Gasteiger partial charge in [-0.25, -0.2) is 4.98 Å². The molecular weight excluding hydrogens is 250 g/mol. The molecule has 0 radical (unpaired) electrons. The lowest BCUT2D eigenvalue weighted by Gasteiger charge is -1.97. The van der Waals surface area contributed by atoms with E-state index < -0.39 is 0 Å². The van der Waals surface area contributed by atoms with Crippen LogP contribution < -0.4 is 0 Å². The number of nitrogens with zero attached hydrogens (tertiary/aromatic N) is 1. The van der Waals surface area contributed by atoms with Crippen LogP contribution in [0.15, 0.2) is 33.6 Å². The summed E-state index contributed by atoms with van der Waals surface area (Å²) in [4.78, 5) is 4.19. The first-order chi connectivity index (χ1) is 6.27. The maximum Gasteiger partial charge on any atom is 0.116 e. The molecule has 0 fully saturated rings. The molecule has 66 valence electrons. The highest BCUT2D eigenvalue weighted by Crippen LogP contribution is 2.31. The molecule has 4 heteroatoms. The van der Waals surface area contributed by atoms with Crippen molar-refractivity contribution >= 4 is 27.3 Å². The monoisotopic (exact) mass is 255 g/mol. The van der Waals surface area contributed by atoms with E-state index in [2.05, 4.69) is 20.9 Å². The van der Waals surface area contributed by atoms with Gasteiger partial charge in [0.1, 0.15) is 5.75 Å².